The summed E-state index contributed by atoms with van der Waals surface area (Å²) in [6.07, 6.45) is 3.03. The lowest BCUT2D eigenvalue weighted by molar-refractivity contribution is -0.128. The molecule has 0 heterocycles. The summed E-state index contributed by atoms with van der Waals surface area (Å²) >= 11 is 0. The minimum Gasteiger partial charge on any atom is -0.396 e. The van der Waals surface area contributed by atoms with Crippen LogP contribution in [0.15, 0.2) is 0 Å². The van der Waals surface area contributed by atoms with Gasteiger partial charge in [-0.3, -0.25) is 9.59 Å². The number of aliphatic hydroxyl groups excluding tert-OH is 1. The quantitative estimate of drug-likeness (QED) is 0.599. The summed E-state index contributed by atoms with van der Waals surface area (Å²) in [5.74, 6) is -0.00476. The topological polar surface area (TPSA) is 78.4 Å². The van der Waals surface area contributed by atoms with Gasteiger partial charge in [-0.15, -0.1) is 0 Å². The molecule has 5 heteroatoms. The Labute approximate surface area is 115 Å². The molecule has 0 bridgehead atoms. The second-order valence-corrected chi connectivity index (χ2v) is 6.54. The molecule has 0 aliphatic heterocycles. The van der Waals surface area contributed by atoms with Gasteiger partial charge in [-0.05, 0) is 19.3 Å². The summed E-state index contributed by atoms with van der Waals surface area (Å²) in [7, 11) is 0. The van der Waals surface area contributed by atoms with Crippen molar-refractivity contribution < 1.29 is 14.7 Å². The minimum absolute atomic E-state index is 0.00474. The van der Waals surface area contributed by atoms with Gasteiger partial charge >= 0.3 is 0 Å². The Kier molecular flexibility index (Phi) is 5.35. The summed E-state index contributed by atoms with van der Waals surface area (Å²) in [4.78, 5) is 23.1. The third kappa shape index (κ3) is 5.59. The van der Waals surface area contributed by atoms with E-state index in [1.54, 1.807) is 0 Å². The lowest BCUT2D eigenvalue weighted by Gasteiger charge is -2.17. The molecule has 110 valence electrons. The average molecular weight is 270 g/mol. The van der Waals surface area contributed by atoms with Crippen LogP contribution >= 0.6 is 0 Å². The fraction of sp³-hybridized carbons (Fsp3) is 0.857. The minimum atomic E-state index is -0.387. The van der Waals surface area contributed by atoms with Gasteiger partial charge in [0.05, 0.1) is 6.61 Å². The van der Waals surface area contributed by atoms with E-state index in [9.17, 15) is 9.59 Å². The highest BCUT2D eigenvalue weighted by Crippen LogP contribution is 2.44. The van der Waals surface area contributed by atoms with Crippen LogP contribution in [0.1, 0.15) is 46.5 Å². The number of rotatable bonds is 7. The molecule has 2 amide bonds. The van der Waals surface area contributed by atoms with Crippen LogP contribution in [0, 0.1) is 10.8 Å². The third-order valence-corrected chi connectivity index (χ3v) is 3.50. The fourth-order valence-corrected chi connectivity index (χ4v) is 1.66. The summed E-state index contributed by atoms with van der Waals surface area (Å²) in [6, 6.07) is 0. The number of carbonyl (C=O) groups excluding carboxylic acids is 2. The van der Waals surface area contributed by atoms with Gasteiger partial charge in [-0.1, -0.05) is 20.8 Å². The predicted molar refractivity (Wildman–Crippen MR) is 73.5 cm³/mol. The van der Waals surface area contributed by atoms with Crippen LogP contribution in [-0.4, -0.2) is 36.6 Å². The monoisotopic (exact) mass is 270 g/mol. The standard InChI is InChI=1S/C14H26N2O3/c1-13(2,3)12(19)15-8-4-5-11(18)16-9-14(10-17)6-7-14/h17H,4-10H2,1-3H3,(H,15,19)(H,16,18). The Morgan fingerprint density at radius 3 is 2.32 bits per heavy atom. The summed E-state index contributed by atoms with van der Waals surface area (Å²) in [5, 5.41) is 14.8. The Bertz CT molecular complexity index is 330. The molecule has 3 N–H and O–H groups in total. The van der Waals surface area contributed by atoms with Crippen molar-refractivity contribution in [3.63, 3.8) is 0 Å². The second-order valence-electron chi connectivity index (χ2n) is 6.54. The molecule has 19 heavy (non-hydrogen) atoms. The van der Waals surface area contributed by atoms with E-state index in [4.69, 9.17) is 5.11 Å². The Morgan fingerprint density at radius 2 is 1.84 bits per heavy atom. The van der Waals surface area contributed by atoms with Gasteiger partial charge in [-0.2, -0.15) is 0 Å². The van der Waals surface area contributed by atoms with Crippen molar-refractivity contribution in [2.45, 2.75) is 46.5 Å². The molecule has 1 rings (SSSR count). The van der Waals surface area contributed by atoms with E-state index in [-0.39, 0.29) is 29.3 Å². The van der Waals surface area contributed by atoms with Crippen molar-refractivity contribution in [2.75, 3.05) is 19.7 Å². The molecule has 0 spiro atoms. The Hall–Kier alpha value is -1.10. The van der Waals surface area contributed by atoms with Crippen molar-refractivity contribution in [2.24, 2.45) is 10.8 Å². The summed E-state index contributed by atoms with van der Waals surface area (Å²) < 4.78 is 0. The zero-order chi connectivity index (χ0) is 14.5. The molecule has 0 aromatic carbocycles. The Balaban J connectivity index is 2.06. The third-order valence-electron chi connectivity index (χ3n) is 3.50. The zero-order valence-corrected chi connectivity index (χ0v) is 12.2. The number of amides is 2. The van der Waals surface area contributed by atoms with Crippen molar-refractivity contribution in [3.8, 4) is 0 Å². The normalized spacial score (nSPS) is 16.8. The van der Waals surface area contributed by atoms with Crippen LogP contribution in [0.25, 0.3) is 0 Å². The van der Waals surface area contributed by atoms with E-state index in [0.717, 1.165) is 12.8 Å². The molecule has 0 saturated heterocycles. The largest absolute Gasteiger partial charge is 0.396 e. The molecule has 5 nitrogen and oxygen atoms in total. The maximum Gasteiger partial charge on any atom is 0.225 e. The molecular formula is C14H26N2O3. The van der Waals surface area contributed by atoms with E-state index in [1.165, 1.54) is 0 Å². The van der Waals surface area contributed by atoms with Gasteiger partial charge < -0.3 is 15.7 Å². The Morgan fingerprint density at radius 1 is 1.21 bits per heavy atom. The van der Waals surface area contributed by atoms with E-state index < -0.39 is 0 Å². The van der Waals surface area contributed by atoms with Crippen molar-refractivity contribution in [1.29, 1.82) is 0 Å². The van der Waals surface area contributed by atoms with Gasteiger partial charge in [0.15, 0.2) is 0 Å². The van der Waals surface area contributed by atoms with Crippen LogP contribution < -0.4 is 10.6 Å². The lowest BCUT2D eigenvalue weighted by atomic mass is 9.96. The van der Waals surface area contributed by atoms with Gasteiger partial charge in [0.1, 0.15) is 0 Å². The van der Waals surface area contributed by atoms with E-state index in [2.05, 4.69) is 10.6 Å². The molecule has 1 saturated carbocycles. The molecule has 0 aromatic rings. The summed E-state index contributed by atoms with van der Waals surface area (Å²) in [6.45, 7) is 6.82. The first-order valence-electron chi connectivity index (χ1n) is 6.95. The number of hydrogen-bond acceptors (Lipinski definition) is 3. The van der Waals surface area contributed by atoms with Crippen LogP contribution in [0.2, 0.25) is 0 Å². The van der Waals surface area contributed by atoms with Crippen molar-refractivity contribution in [3.05, 3.63) is 0 Å². The number of carbonyl (C=O) groups is 2. The van der Waals surface area contributed by atoms with Crippen LogP contribution in [-0.2, 0) is 9.59 Å². The molecule has 0 aromatic heterocycles. The van der Waals surface area contributed by atoms with Crippen LogP contribution in [0.4, 0.5) is 0 Å². The van der Waals surface area contributed by atoms with Crippen molar-refractivity contribution >= 4 is 11.8 Å². The molecule has 1 fully saturated rings. The first kappa shape index (κ1) is 16.0. The molecule has 1 aliphatic carbocycles. The average Bonchev–Trinajstić information content (AvgIpc) is 3.11. The zero-order valence-electron chi connectivity index (χ0n) is 12.2. The van der Waals surface area contributed by atoms with Gasteiger partial charge in [0.2, 0.25) is 11.8 Å². The molecule has 0 unspecified atom stereocenters. The SMILES string of the molecule is CC(C)(C)C(=O)NCCCC(=O)NCC1(CO)CC1. The summed E-state index contributed by atoms with van der Waals surface area (Å²) in [5.41, 5.74) is -0.433. The maximum absolute atomic E-state index is 11.6. The van der Waals surface area contributed by atoms with E-state index in [1.807, 2.05) is 20.8 Å². The van der Waals surface area contributed by atoms with E-state index >= 15 is 0 Å². The molecule has 0 radical (unpaired) electrons. The smallest absolute Gasteiger partial charge is 0.225 e. The highest BCUT2D eigenvalue weighted by Gasteiger charge is 2.41. The second kappa shape index (κ2) is 6.37. The maximum atomic E-state index is 11.6. The number of nitrogens with one attached hydrogen (secondary N) is 2. The highest BCUT2D eigenvalue weighted by molar-refractivity contribution is 5.81. The van der Waals surface area contributed by atoms with Crippen molar-refractivity contribution in [1.82, 2.24) is 10.6 Å². The predicted octanol–water partition coefficient (Wildman–Crippen LogP) is 0.818. The number of hydrogen-bond donors (Lipinski definition) is 3. The first-order valence-corrected chi connectivity index (χ1v) is 6.95. The van der Waals surface area contributed by atoms with Gasteiger partial charge in [-0.25, -0.2) is 0 Å². The fourth-order valence-electron chi connectivity index (χ4n) is 1.66. The van der Waals surface area contributed by atoms with Gasteiger partial charge in [0, 0.05) is 30.3 Å². The highest BCUT2D eigenvalue weighted by atomic mass is 16.3. The molecule has 1 aliphatic rings. The molecular weight excluding hydrogens is 244 g/mol. The van der Waals surface area contributed by atoms with Crippen LogP contribution in [0.3, 0.4) is 0 Å². The molecule has 0 atom stereocenters. The van der Waals surface area contributed by atoms with E-state index in [0.29, 0.717) is 25.9 Å². The number of aliphatic hydroxyl groups is 1. The van der Waals surface area contributed by atoms with Crippen LogP contribution in [0.5, 0.6) is 0 Å². The first-order chi connectivity index (χ1) is 8.79. The lowest BCUT2D eigenvalue weighted by Crippen LogP contribution is -2.36. The van der Waals surface area contributed by atoms with Gasteiger partial charge in [0.25, 0.3) is 0 Å².